The molecule has 0 aliphatic carbocycles. The van der Waals surface area contributed by atoms with Crippen molar-refractivity contribution in [3.8, 4) is 11.5 Å². The van der Waals surface area contributed by atoms with Gasteiger partial charge in [-0.15, -0.1) is 0 Å². The normalized spacial score (nSPS) is 10.0. The Morgan fingerprint density at radius 3 is 2.42 bits per heavy atom. The number of hydrogen-bond acceptors (Lipinski definition) is 5. The van der Waals surface area contributed by atoms with Gasteiger partial charge in [-0.25, -0.2) is 0 Å². The maximum atomic E-state index is 11.9. The molecular weight excluding hydrogens is 312 g/mol. The number of benzene rings is 2. The molecule has 0 bridgehead atoms. The van der Waals surface area contributed by atoms with Crippen molar-refractivity contribution in [3.05, 3.63) is 58.6 Å². The quantitative estimate of drug-likeness (QED) is 0.592. The van der Waals surface area contributed by atoms with Gasteiger partial charge in [0.25, 0.3) is 11.6 Å². The first kappa shape index (κ1) is 17.3. The molecule has 126 valence electrons. The molecule has 0 spiro atoms. The topological polar surface area (TPSA) is 90.7 Å². The molecule has 0 atom stereocenters. The summed E-state index contributed by atoms with van der Waals surface area (Å²) in [5.41, 5.74) is 0.433. The minimum atomic E-state index is -0.498. The number of hydrogen-bond donors (Lipinski definition) is 1. The molecule has 0 radical (unpaired) electrons. The fourth-order valence-corrected chi connectivity index (χ4v) is 1.89. The summed E-state index contributed by atoms with van der Waals surface area (Å²) >= 11 is 0. The Labute approximate surface area is 139 Å². The fraction of sp³-hybridized carbons (Fsp3) is 0.235. The summed E-state index contributed by atoms with van der Waals surface area (Å²) in [6.45, 7) is 2.46. The molecule has 2 aromatic carbocycles. The zero-order chi connectivity index (χ0) is 17.4. The molecule has 0 unspecified atom stereocenters. The molecule has 0 saturated heterocycles. The van der Waals surface area contributed by atoms with E-state index in [9.17, 15) is 14.9 Å². The Balaban J connectivity index is 1.85. The number of anilines is 1. The monoisotopic (exact) mass is 330 g/mol. The second kappa shape index (κ2) is 8.52. The van der Waals surface area contributed by atoms with Gasteiger partial charge >= 0.3 is 0 Å². The van der Waals surface area contributed by atoms with Crippen LogP contribution in [0.4, 0.5) is 11.4 Å². The minimum absolute atomic E-state index is 0.0341. The minimum Gasteiger partial charge on any atom is -0.493 e. The summed E-state index contributed by atoms with van der Waals surface area (Å²) in [5, 5.41) is 13.2. The van der Waals surface area contributed by atoms with E-state index in [1.54, 1.807) is 18.2 Å². The van der Waals surface area contributed by atoms with Gasteiger partial charge in [-0.05, 0) is 30.7 Å². The van der Waals surface area contributed by atoms with Crippen LogP contribution in [0.1, 0.15) is 13.3 Å². The summed E-state index contributed by atoms with van der Waals surface area (Å²) in [7, 11) is 0. The second-order valence-corrected chi connectivity index (χ2v) is 4.96. The maximum absolute atomic E-state index is 11.9. The van der Waals surface area contributed by atoms with Gasteiger partial charge in [0.2, 0.25) is 0 Å². The number of amides is 1. The fourth-order valence-electron chi connectivity index (χ4n) is 1.89. The van der Waals surface area contributed by atoms with Crippen LogP contribution in [0.3, 0.4) is 0 Å². The molecule has 0 fully saturated rings. The average Bonchev–Trinajstić information content (AvgIpc) is 2.59. The number of non-ortho nitro benzene ring substituents is 1. The van der Waals surface area contributed by atoms with E-state index in [0.717, 1.165) is 6.42 Å². The Kier molecular flexibility index (Phi) is 6.13. The summed E-state index contributed by atoms with van der Waals surface area (Å²) < 4.78 is 10.9. The lowest BCUT2D eigenvalue weighted by Gasteiger charge is -2.09. The number of nitrogens with one attached hydrogen (secondary N) is 1. The molecule has 1 amide bonds. The molecule has 0 aliphatic heterocycles. The van der Waals surface area contributed by atoms with Crippen molar-refractivity contribution < 1.29 is 19.2 Å². The number of carbonyl (C=O) groups excluding carboxylic acids is 1. The molecule has 0 aliphatic rings. The summed E-state index contributed by atoms with van der Waals surface area (Å²) in [6, 6.07) is 12.6. The van der Waals surface area contributed by atoms with Crippen molar-refractivity contribution in [2.75, 3.05) is 18.5 Å². The highest BCUT2D eigenvalue weighted by atomic mass is 16.6. The highest BCUT2D eigenvalue weighted by Gasteiger charge is 2.07. The van der Waals surface area contributed by atoms with Crippen LogP contribution in [0.2, 0.25) is 0 Å². The van der Waals surface area contributed by atoms with E-state index < -0.39 is 4.92 Å². The first-order chi connectivity index (χ1) is 11.6. The third-order valence-corrected chi connectivity index (χ3v) is 3.01. The van der Waals surface area contributed by atoms with Crippen molar-refractivity contribution in [1.29, 1.82) is 0 Å². The molecule has 24 heavy (non-hydrogen) atoms. The van der Waals surface area contributed by atoms with Gasteiger partial charge in [0.15, 0.2) is 6.61 Å². The molecule has 0 aromatic heterocycles. The Bertz CT molecular complexity index is 700. The lowest BCUT2D eigenvalue weighted by atomic mass is 10.3. The molecule has 7 heteroatoms. The molecule has 2 rings (SSSR count). The number of nitrogens with zero attached hydrogens (tertiary/aromatic N) is 1. The molecular formula is C17H18N2O5. The van der Waals surface area contributed by atoms with Crippen LogP contribution in [0.15, 0.2) is 48.5 Å². The Morgan fingerprint density at radius 2 is 1.79 bits per heavy atom. The van der Waals surface area contributed by atoms with Crippen LogP contribution in [0.5, 0.6) is 11.5 Å². The van der Waals surface area contributed by atoms with Crippen molar-refractivity contribution in [3.63, 3.8) is 0 Å². The third kappa shape index (κ3) is 5.28. The van der Waals surface area contributed by atoms with E-state index in [2.05, 4.69) is 5.32 Å². The Hall–Kier alpha value is -3.09. The summed E-state index contributed by atoms with van der Waals surface area (Å²) in [5.74, 6) is 0.858. The van der Waals surface area contributed by atoms with Gasteiger partial charge in [0, 0.05) is 23.9 Å². The van der Waals surface area contributed by atoms with Gasteiger partial charge in [0.1, 0.15) is 11.5 Å². The second-order valence-electron chi connectivity index (χ2n) is 4.96. The lowest BCUT2D eigenvalue weighted by Crippen LogP contribution is -2.20. The standard InChI is InChI=1S/C17H18N2O5/c1-2-10-23-15-4-3-5-16(11-15)24-12-17(20)18-13-6-8-14(9-7-13)19(21)22/h3-9,11H,2,10,12H2,1H3,(H,18,20). The van der Waals surface area contributed by atoms with Crippen molar-refractivity contribution in [1.82, 2.24) is 0 Å². The zero-order valence-electron chi connectivity index (χ0n) is 13.2. The molecule has 7 nitrogen and oxygen atoms in total. The number of carbonyl (C=O) groups is 1. The van der Waals surface area contributed by atoms with Crippen LogP contribution in [0.25, 0.3) is 0 Å². The van der Waals surface area contributed by atoms with Gasteiger partial charge in [-0.3, -0.25) is 14.9 Å². The first-order valence-corrected chi connectivity index (χ1v) is 7.48. The van der Waals surface area contributed by atoms with Gasteiger partial charge < -0.3 is 14.8 Å². The lowest BCUT2D eigenvalue weighted by molar-refractivity contribution is -0.384. The summed E-state index contributed by atoms with van der Waals surface area (Å²) in [4.78, 5) is 21.9. The van der Waals surface area contributed by atoms with Gasteiger partial charge in [0.05, 0.1) is 11.5 Å². The zero-order valence-corrected chi connectivity index (χ0v) is 13.2. The molecule has 1 N–H and O–H groups in total. The maximum Gasteiger partial charge on any atom is 0.269 e. The number of rotatable bonds is 8. The van der Waals surface area contributed by atoms with E-state index in [1.807, 2.05) is 13.0 Å². The molecule has 2 aromatic rings. The number of ether oxygens (including phenoxy) is 2. The van der Waals surface area contributed by atoms with Crippen LogP contribution in [-0.2, 0) is 4.79 Å². The van der Waals surface area contributed by atoms with Crippen LogP contribution in [0, 0.1) is 10.1 Å². The molecule has 0 saturated carbocycles. The first-order valence-electron chi connectivity index (χ1n) is 7.48. The highest BCUT2D eigenvalue weighted by Crippen LogP contribution is 2.20. The van der Waals surface area contributed by atoms with Crippen molar-refractivity contribution >= 4 is 17.3 Å². The average molecular weight is 330 g/mol. The van der Waals surface area contributed by atoms with E-state index in [1.165, 1.54) is 24.3 Å². The predicted octanol–water partition coefficient (Wildman–Crippen LogP) is 3.40. The van der Waals surface area contributed by atoms with E-state index in [-0.39, 0.29) is 18.2 Å². The van der Waals surface area contributed by atoms with E-state index >= 15 is 0 Å². The Morgan fingerprint density at radius 1 is 1.12 bits per heavy atom. The SMILES string of the molecule is CCCOc1cccc(OCC(=O)Nc2ccc([N+](=O)[O-])cc2)c1. The summed E-state index contributed by atoms with van der Waals surface area (Å²) in [6.07, 6.45) is 0.905. The third-order valence-electron chi connectivity index (χ3n) is 3.01. The van der Waals surface area contributed by atoms with Crippen molar-refractivity contribution in [2.24, 2.45) is 0 Å². The van der Waals surface area contributed by atoms with Crippen LogP contribution in [-0.4, -0.2) is 24.0 Å². The number of nitro groups is 1. The molecule has 0 heterocycles. The van der Waals surface area contributed by atoms with E-state index in [0.29, 0.717) is 23.8 Å². The van der Waals surface area contributed by atoms with Crippen LogP contribution >= 0.6 is 0 Å². The largest absolute Gasteiger partial charge is 0.493 e. The highest BCUT2D eigenvalue weighted by molar-refractivity contribution is 5.91. The smallest absolute Gasteiger partial charge is 0.269 e. The van der Waals surface area contributed by atoms with E-state index in [4.69, 9.17) is 9.47 Å². The van der Waals surface area contributed by atoms with Crippen molar-refractivity contribution in [2.45, 2.75) is 13.3 Å². The number of nitro benzene ring substituents is 1. The van der Waals surface area contributed by atoms with Crippen LogP contribution < -0.4 is 14.8 Å². The van der Waals surface area contributed by atoms with Gasteiger partial charge in [-0.1, -0.05) is 13.0 Å². The predicted molar refractivity (Wildman–Crippen MR) is 89.4 cm³/mol. The van der Waals surface area contributed by atoms with Gasteiger partial charge in [-0.2, -0.15) is 0 Å².